The summed E-state index contributed by atoms with van der Waals surface area (Å²) in [5, 5.41) is 21.4. The predicted octanol–water partition coefficient (Wildman–Crippen LogP) is 6.09. The molecule has 0 atom stereocenters. The van der Waals surface area contributed by atoms with Crippen molar-refractivity contribution in [1.82, 2.24) is 4.57 Å². The molecule has 5 rings (SSSR count). The van der Waals surface area contributed by atoms with Crippen LogP contribution in [0, 0.1) is 11.3 Å². The van der Waals surface area contributed by atoms with Gasteiger partial charge in [0, 0.05) is 28.4 Å². The van der Waals surface area contributed by atoms with Crippen LogP contribution in [0.4, 0.5) is 0 Å². The molecule has 0 saturated heterocycles. The van der Waals surface area contributed by atoms with Crippen molar-refractivity contribution in [2.45, 2.75) is 6.54 Å². The van der Waals surface area contributed by atoms with Gasteiger partial charge in [-0.1, -0.05) is 66.7 Å². The number of para-hydroxylation sites is 2. The van der Waals surface area contributed by atoms with Crippen molar-refractivity contribution in [3.63, 3.8) is 0 Å². The fourth-order valence-electron chi connectivity index (χ4n) is 3.96. The van der Waals surface area contributed by atoms with Gasteiger partial charge in [0.05, 0.1) is 5.56 Å². The first-order valence-corrected chi connectivity index (χ1v) is 9.53. The molecule has 0 aliphatic carbocycles. The maximum absolute atomic E-state index is 9.72. The van der Waals surface area contributed by atoms with Crippen LogP contribution >= 0.6 is 0 Å². The highest BCUT2D eigenvalue weighted by Gasteiger charge is 2.10. The van der Waals surface area contributed by atoms with Crippen LogP contribution in [0.1, 0.15) is 11.1 Å². The van der Waals surface area contributed by atoms with Crippen LogP contribution < -0.4 is 0 Å². The van der Waals surface area contributed by atoms with E-state index in [0.717, 1.165) is 17.7 Å². The maximum atomic E-state index is 9.72. The van der Waals surface area contributed by atoms with Crippen LogP contribution in [0.2, 0.25) is 0 Å². The first kappa shape index (κ1) is 17.1. The molecule has 0 aliphatic heterocycles. The Bertz CT molecular complexity index is 1340. The Kier molecular flexibility index (Phi) is 4.04. The summed E-state index contributed by atoms with van der Waals surface area (Å²) in [4.78, 5) is 0. The van der Waals surface area contributed by atoms with E-state index in [4.69, 9.17) is 5.26 Å². The zero-order valence-electron chi connectivity index (χ0n) is 15.7. The molecule has 1 N–H and O–H groups in total. The van der Waals surface area contributed by atoms with E-state index in [9.17, 15) is 5.11 Å². The normalized spacial score (nSPS) is 11.0. The molecule has 3 heteroatoms. The molecule has 1 heterocycles. The molecule has 0 fully saturated rings. The summed E-state index contributed by atoms with van der Waals surface area (Å²) in [6.07, 6.45) is 0. The molecule has 1 aromatic heterocycles. The predicted molar refractivity (Wildman–Crippen MR) is 117 cm³/mol. The summed E-state index contributed by atoms with van der Waals surface area (Å²) in [5.74, 6) is 0.0132. The van der Waals surface area contributed by atoms with Crippen molar-refractivity contribution in [2.24, 2.45) is 0 Å². The summed E-state index contributed by atoms with van der Waals surface area (Å²) in [7, 11) is 0. The van der Waals surface area contributed by atoms with E-state index >= 15 is 0 Å². The average Bonchev–Trinajstić information content (AvgIpc) is 3.09. The topological polar surface area (TPSA) is 49.0 Å². The van der Waals surface area contributed by atoms with Gasteiger partial charge in [-0.15, -0.1) is 0 Å². The van der Waals surface area contributed by atoms with Crippen LogP contribution in [-0.2, 0) is 6.54 Å². The van der Waals surface area contributed by atoms with Crippen molar-refractivity contribution in [2.75, 3.05) is 0 Å². The molecule has 0 bridgehead atoms. The lowest BCUT2D eigenvalue weighted by atomic mass is 10.0. The van der Waals surface area contributed by atoms with Gasteiger partial charge in [-0.05, 0) is 41.0 Å². The quantitative estimate of drug-likeness (QED) is 0.415. The van der Waals surface area contributed by atoms with Crippen molar-refractivity contribution in [3.8, 4) is 22.9 Å². The number of rotatable bonds is 3. The lowest BCUT2D eigenvalue weighted by Gasteiger charge is -2.09. The van der Waals surface area contributed by atoms with Gasteiger partial charge >= 0.3 is 0 Å². The number of fused-ring (bicyclic) bond motifs is 3. The second kappa shape index (κ2) is 6.85. The zero-order chi connectivity index (χ0) is 19.8. The van der Waals surface area contributed by atoms with Crippen molar-refractivity contribution < 1.29 is 5.11 Å². The third-order valence-electron chi connectivity index (χ3n) is 5.42. The average molecular weight is 374 g/mol. The molecule has 0 amide bonds. The number of hydrogen-bond donors (Lipinski definition) is 1. The third-order valence-corrected chi connectivity index (χ3v) is 5.42. The SMILES string of the molecule is N#Cc1cc(-c2ccc(Cn3c4ccccc4c4ccccc43)cc2)ccc1O. The largest absolute Gasteiger partial charge is 0.507 e. The van der Waals surface area contributed by atoms with Gasteiger partial charge in [-0.25, -0.2) is 0 Å². The smallest absolute Gasteiger partial charge is 0.133 e. The van der Waals surface area contributed by atoms with Gasteiger partial charge in [0.1, 0.15) is 11.8 Å². The first-order valence-electron chi connectivity index (χ1n) is 9.53. The van der Waals surface area contributed by atoms with Crippen molar-refractivity contribution in [1.29, 1.82) is 5.26 Å². The Hall–Kier alpha value is -4.03. The Morgan fingerprint density at radius 2 is 1.31 bits per heavy atom. The zero-order valence-corrected chi connectivity index (χ0v) is 15.7. The van der Waals surface area contributed by atoms with Gasteiger partial charge in [0.2, 0.25) is 0 Å². The minimum atomic E-state index is 0.0132. The van der Waals surface area contributed by atoms with Crippen LogP contribution in [-0.4, -0.2) is 9.67 Å². The Labute approximate surface area is 168 Å². The number of aromatic nitrogens is 1. The molecular formula is C26H18N2O. The molecule has 0 spiro atoms. The Morgan fingerprint density at radius 1 is 0.724 bits per heavy atom. The third kappa shape index (κ3) is 2.92. The van der Waals surface area contributed by atoms with Gasteiger partial charge < -0.3 is 9.67 Å². The highest BCUT2D eigenvalue weighted by atomic mass is 16.3. The monoisotopic (exact) mass is 374 g/mol. The highest BCUT2D eigenvalue weighted by Crippen LogP contribution is 2.30. The van der Waals surface area contributed by atoms with E-state index in [1.165, 1.54) is 27.4 Å². The van der Waals surface area contributed by atoms with Crippen LogP contribution in [0.3, 0.4) is 0 Å². The van der Waals surface area contributed by atoms with Crippen molar-refractivity contribution >= 4 is 21.8 Å². The Balaban J connectivity index is 1.53. The molecular weight excluding hydrogens is 356 g/mol. The second-order valence-corrected chi connectivity index (χ2v) is 7.16. The van der Waals surface area contributed by atoms with Crippen LogP contribution in [0.25, 0.3) is 32.9 Å². The molecule has 0 unspecified atom stereocenters. The molecule has 4 aromatic carbocycles. The molecule has 0 radical (unpaired) electrons. The van der Waals surface area contributed by atoms with E-state index in [2.05, 4.69) is 77.4 Å². The lowest BCUT2D eigenvalue weighted by Crippen LogP contribution is -1.99. The molecule has 0 aliphatic rings. The van der Waals surface area contributed by atoms with Crippen LogP contribution in [0.15, 0.2) is 91.0 Å². The second-order valence-electron chi connectivity index (χ2n) is 7.16. The molecule has 3 nitrogen and oxygen atoms in total. The van der Waals surface area contributed by atoms with Crippen LogP contribution in [0.5, 0.6) is 5.75 Å². The van der Waals surface area contributed by atoms with E-state index in [0.29, 0.717) is 0 Å². The van der Waals surface area contributed by atoms with E-state index in [1.54, 1.807) is 12.1 Å². The summed E-state index contributed by atoms with van der Waals surface area (Å²) in [6, 6.07) is 32.5. The van der Waals surface area contributed by atoms with E-state index in [-0.39, 0.29) is 11.3 Å². The van der Waals surface area contributed by atoms with Gasteiger partial charge in [-0.3, -0.25) is 0 Å². The number of hydrogen-bond acceptors (Lipinski definition) is 2. The number of phenolic OH excluding ortho intramolecular Hbond substituents is 1. The highest BCUT2D eigenvalue weighted by molar-refractivity contribution is 6.08. The minimum Gasteiger partial charge on any atom is -0.507 e. The minimum absolute atomic E-state index is 0.0132. The van der Waals surface area contributed by atoms with Gasteiger partial charge in [0.25, 0.3) is 0 Å². The lowest BCUT2D eigenvalue weighted by molar-refractivity contribution is 0.473. The standard InChI is InChI=1S/C26H18N2O/c27-16-21-15-20(13-14-26(21)29)19-11-9-18(10-12-19)17-28-24-7-3-1-5-22(24)23-6-2-4-8-25(23)28/h1-15,29H,17H2. The van der Waals surface area contributed by atoms with Gasteiger partial charge in [-0.2, -0.15) is 5.26 Å². The fraction of sp³-hybridized carbons (Fsp3) is 0.0385. The number of nitrogens with zero attached hydrogens (tertiary/aromatic N) is 2. The molecule has 5 aromatic rings. The summed E-state index contributed by atoms with van der Waals surface area (Å²) in [6.45, 7) is 0.785. The number of nitriles is 1. The number of aromatic hydroxyl groups is 1. The molecule has 0 saturated carbocycles. The van der Waals surface area contributed by atoms with Gasteiger partial charge in [0.15, 0.2) is 0 Å². The fourth-order valence-corrected chi connectivity index (χ4v) is 3.96. The first-order chi connectivity index (χ1) is 14.2. The number of benzene rings is 4. The molecule has 138 valence electrons. The Morgan fingerprint density at radius 3 is 1.93 bits per heavy atom. The van der Waals surface area contributed by atoms with E-state index in [1.807, 2.05) is 12.1 Å². The molecule has 29 heavy (non-hydrogen) atoms. The number of phenols is 1. The summed E-state index contributed by atoms with van der Waals surface area (Å²) >= 11 is 0. The van der Waals surface area contributed by atoms with E-state index < -0.39 is 0 Å². The van der Waals surface area contributed by atoms with Crippen molar-refractivity contribution in [3.05, 3.63) is 102 Å². The summed E-state index contributed by atoms with van der Waals surface area (Å²) < 4.78 is 2.36. The maximum Gasteiger partial charge on any atom is 0.133 e. The summed E-state index contributed by atoms with van der Waals surface area (Å²) in [5.41, 5.74) is 5.90.